The van der Waals surface area contributed by atoms with E-state index < -0.39 is 29.4 Å². The van der Waals surface area contributed by atoms with E-state index in [1.807, 2.05) is 6.07 Å². The molecule has 2 heterocycles. The molecule has 2 saturated heterocycles. The van der Waals surface area contributed by atoms with Gasteiger partial charge in [0.25, 0.3) is 0 Å². The van der Waals surface area contributed by atoms with Gasteiger partial charge in [0, 0.05) is 12.8 Å². The van der Waals surface area contributed by atoms with Crippen LogP contribution in [0.4, 0.5) is 0 Å². The first-order chi connectivity index (χ1) is 8.64. The lowest BCUT2D eigenvalue weighted by atomic mass is 9.77. The predicted octanol–water partition coefficient (Wildman–Crippen LogP) is 0.411. The molecule has 0 bridgehead atoms. The number of nitriles is 1. The third-order valence-electron chi connectivity index (χ3n) is 3.48. The molecule has 2 fully saturated rings. The van der Waals surface area contributed by atoms with Gasteiger partial charge in [0.1, 0.15) is 11.5 Å². The first-order valence-corrected chi connectivity index (χ1v) is 6.01. The maximum Gasteiger partial charge on any atom is 0.322 e. The average molecular weight is 253 g/mol. The molecule has 1 spiro atoms. The minimum atomic E-state index is -1.12. The summed E-state index contributed by atoms with van der Waals surface area (Å²) in [6, 6.07) is 2.04. The van der Waals surface area contributed by atoms with E-state index >= 15 is 0 Å². The van der Waals surface area contributed by atoms with Gasteiger partial charge in [0.05, 0.1) is 25.9 Å². The van der Waals surface area contributed by atoms with Crippen molar-refractivity contribution in [2.75, 3.05) is 19.8 Å². The van der Waals surface area contributed by atoms with Crippen molar-refractivity contribution in [2.24, 2.45) is 11.8 Å². The third-order valence-corrected chi connectivity index (χ3v) is 3.48. The van der Waals surface area contributed by atoms with E-state index in [0.29, 0.717) is 26.1 Å². The zero-order chi connectivity index (χ0) is 13.2. The highest BCUT2D eigenvalue weighted by Gasteiger charge is 2.59. The molecule has 0 N–H and O–H groups in total. The third kappa shape index (κ3) is 1.95. The maximum absolute atomic E-state index is 11.8. The van der Waals surface area contributed by atoms with Crippen LogP contribution >= 0.6 is 0 Å². The van der Waals surface area contributed by atoms with Crippen molar-refractivity contribution in [1.82, 2.24) is 0 Å². The minimum absolute atomic E-state index is 0.177. The molecule has 0 unspecified atom stereocenters. The van der Waals surface area contributed by atoms with Gasteiger partial charge >= 0.3 is 11.9 Å². The van der Waals surface area contributed by atoms with E-state index in [1.54, 1.807) is 6.92 Å². The molecule has 2 rings (SSSR count). The fourth-order valence-electron chi connectivity index (χ4n) is 2.55. The van der Waals surface area contributed by atoms with Crippen LogP contribution in [-0.2, 0) is 23.8 Å². The number of carbonyl (C=O) groups is 2. The quantitative estimate of drug-likeness (QED) is 0.523. The SMILES string of the molecule is CCOC(=O)[C@@H]1C(=O)OC2(CCOCC2)[C@@H]1C#N. The van der Waals surface area contributed by atoms with E-state index in [0.717, 1.165) is 0 Å². The van der Waals surface area contributed by atoms with Gasteiger partial charge < -0.3 is 14.2 Å². The van der Waals surface area contributed by atoms with Crippen LogP contribution in [0.15, 0.2) is 0 Å². The lowest BCUT2D eigenvalue weighted by molar-refractivity contribution is -0.161. The van der Waals surface area contributed by atoms with Crippen molar-refractivity contribution < 1.29 is 23.8 Å². The Morgan fingerprint density at radius 1 is 1.56 bits per heavy atom. The topological polar surface area (TPSA) is 85.6 Å². The molecule has 2 atom stereocenters. The minimum Gasteiger partial charge on any atom is -0.465 e. The molecule has 2 aliphatic rings. The molecule has 0 aliphatic carbocycles. The molecule has 0 saturated carbocycles. The van der Waals surface area contributed by atoms with E-state index in [4.69, 9.17) is 14.2 Å². The second kappa shape index (κ2) is 4.94. The summed E-state index contributed by atoms with van der Waals surface area (Å²) >= 11 is 0. The van der Waals surface area contributed by atoms with Crippen LogP contribution < -0.4 is 0 Å². The lowest BCUT2D eigenvalue weighted by Gasteiger charge is -2.34. The summed E-state index contributed by atoms with van der Waals surface area (Å²) in [5.74, 6) is -3.22. The Morgan fingerprint density at radius 3 is 2.78 bits per heavy atom. The van der Waals surface area contributed by atoms with Gasteiger partial charge in [0.15, 0.2) is 5.92 Å². The van der Waals surface area contributed by atoms with Crippen molar-refractivity contribution in [2.45, 2.75) is 25.4 Å². The lowest BCUT2D eigenvalue weighted by Crippen LogP contribution is -2.43. The fourth-order valence-corrected chi connectivity index (χ4v) is 2.55. The van der Waals surface area contributed by atoms with E-state index in [1.165, 1.54) is 0 Å². The Balaban J connectivity index is 2.24. The van der Waals surface area contributed by atoms with Crippen molar-refractivity contribution in [3.05, 3.63) is 0 Å². The van der Waals surface area contributed by atoms with Crippen LogP contribution in [0.25, 0.3) is 0 Å². The molecule has 0 aromatic heterocycles. The van der Waals surface area contributed by atoms with Gasteiger partial charge in [-0.05, 0) is 6.92 Å². The summed E-state index contributed by atoms with van der Waals surface area (Å²) in [7, 11) is 0. The molecule has 0 aromatic rings. The highest BCUT2D eigenvalue weighted by Crippen LogP contribution is 2.44. The van der Waals surface area contributed by atoms with Crippen LogP contribution in [0, 0.1) is 23.2 Å². The predicted molar refractivity (Wildman–Crippen MR) is 58.1 cm³/mol. The highest BCUT2D eigenvalue weighted by molar-refractivity contribution is 5.97. The molecule has 18 heavy (non-hydrogen) atoms. The highest BCUT2D eigenvalue weighted by atomic mass is 16.6. The van der Waals surface area contributed by atoms with Crippen molar-refractivity contribution in [1.29, 1.82) is 5.26 Å². The van der Waals surface area contributed by atoms with E-state index in [2.05, 4.69) is 0 Å². The van der Waals surface area contributed by atoms with Crippen LogP contribution in [-0.4, -0.2) is 37.4 Å². The van der Waals surface area contributed by atoms with E-state index in [9.17, 15) is 14.9 Å². The Bertz CT molecular complexity index is 394. The molecule has 2 aliphatic heterocycles. The Labute approximate surface area is 105 Å². The van der Waals surface area contributed by atoms with Gasteiger partial charge in [-0.3, -0.25) is 9.59 Å². The second-order valence-corrected chi connectivity index (χ2v) is 4.43. The molecule has 0 radical (unpaired) electrons. The van der Waals surface area contributed by atoms with Crippen LogP contribution in [0.3, 0.4) is 0 Å². The number of nitrogens with zero attached hydrogens (tertiary/aromatic N) is 1. The molecule has 6 nitrogen and oxygen atoms in total. The molecule has 6 heteroatoms. The van der Waals surface area contributed by atoms with Crippen molar-refractivity contribution in [3.8, 4) is 6.07 Å². The first-order valence-electron chi connectivity index (χ1n) is 6.01. The zero-order valence-corrected chi connectivity index (χ0v) is 10.2. The monoisotopic (exact) mass is 253 g/mol. The van der Waals surface area contributed by atoms with Gasteiger partial charge in [-0.15, -0.1) is 0 Å². The second-order valence-electron chi connectivity index (χ2n) is 4.43. The van der Waals surface area contributed by atoms with Crippen molar-refractivity contribution in [3.63, 3.8) is 0 Å². The summed E-state index contributed by atoms with van der Waals surface area (Å²) < 4.78 is 15.4. The van der Waals surface area contributed by atoms with Gasteiger partial charge in [-0.2, -0.15) is 5.26 Å². The number of hydrogen-bond acceptors (Lipinski definition) is 6. The van der Waals surface area contributed by atoms with Crippen LogP contribution in [0.2, 0.25) is 0 Å². The normalized spacial score (nSPS) is 29.7. The number of rotatable bonds is 2. The molecular weight excluding hydrogens is 238 g/mol. The number of ether oxygens (including phenoxy) is 3. The van der Waals surface area contributed by atoms with Gasteiger partial charge in [0.2, 0.25) is 0 Å². The largest absolute Gasteiger partial charge is 0.465 e. The summed E-state index contributed by atoms with van der Waals surface area (Å²) in [6.45, 7) is 2.70. The number of hydrogen-bond donors (Lipinski definition) is 0. The van der Waals surface area contributed by atoms with E-state index in [-0.39, 0.29) is 6.61 Å². The number of carbonyl (C=O) groups excluding carboxylic acids is 2. The Morgan fingerprint density at radius 2 is 2.22 bits per heavy atom. The van der Waals surface area contributed by atoms with Crippen LogP contribution in [0.5, 0.6) is 0 Å². The van der Waals surface area contributed by atoms with Gasteiger partial charge in [-0.25, -0.2) is 0 Å². The Hall–Kier alpha value is -1.61. The average Bonchev–Trinajstić information content (AvgIpc) is 2.62. The zero-order valence-electron chi connectivity index (χ0n) is 10.2. The standard InChI is InChI=1S/C12H15NO5/c1-2-17-10(14)9-8(7-13)12(18-11(9)15)3-5-16-6-4-12/h8-9H,2-6H2,1H3/t8-,9-/m1/s1. The van der Waals surface area contributed by atoms with Crippen LogP contribution in [0.1, 0.15) is 19.8 Å². The first kappa shape index (κ1) is 12.8. The summed E-state index contributed by atoms with van der Waals surface area (Å²) in [6.07, 6.45) is 0.903. The smallest absolute Gasteiger partial charge is 0.322 e. The Kier molecular flexibility index (Phi) is 3.53. The summed E-state index contributed by atoms with van der Waals surface area (Å²) in [4.78, 5) is 23.6. The number of esters is 2. The molecule has 0 aromatic carbocycles. The molecular formula is C12H15NO5. The van der Waals surface area contributed by atoms with Gasteiger partial charge in [-0.1, -0.05) is 0 Å². The van der Waals surface area contributed by atoms with Crippen molar-refractivity contribution >= 4 is 11.9 Å². The molecule has 98 valence electrons. The fraction of sp³-hybridized carbons (Fsp3) is 0.750. The summed E-state index contributed by atoms with van der Waals surface area (Å²) in [5, 5.41) is 9.26. The maximum atomic E-state index is 11.8. The molecule has 0 amide bonds. The summed E-state index contributed by atoms with van der Waals surface area (Å²) in [5.41, 5.74) is -0.874.